The minimum Gasteiger partial charge on any atom is -0.389 e. The molecule has 0 aliphatic rings. The maximum Gasteiger partial charge on any atom is 0.129 e. The number of aliphatic hydroxyl groups is 1. The van der Waals surface area contributed by atoms with Crippen molar-refractivity contribution in [3.05, 3.63) is 35.4 Å². The molecule has 18 heavy (non-hydrogen) atoms. The molecular weight excluding hydrogens is 236 g/mol. The fraction of sp³-hybridized carbons (Fsp3) is 0.571. The van der Waals surface area contributed by atoms with Crippen LogP contribution in [-0.2, 0) is 6.42 Å². The summed E-state index contributed by atoms with van der Waals surface area (Å²) >= 11 is 0. The van der Waals surface area contributed by atoms with Crippen molar-refractivity contribution >= 4 is 0 Å². The fourth-order valence-corrected chi connectivity index (χ4v) is 1.77. The lowest BCUT2D eigenvalue weighted by molar-refractivity contribution is 0.0587. The van der Waals surface area contributed by atoms with E-state index in [1.54, 1.807) is 6.92 Å². The predicted molar refractivity (Wildman–Crippen MR) is 68.4 cm³/mol. The van der Waals surface area contributed by atoms with E-state index in [1.807, 2.05) is 0 Å². The van der Waals surface area contributed by atoms with Crippen LogP contribution in [0, 0.1) is 17.6 Å². The Balaban J connectivity index is 2.58. The van der Waals surface area contributed by atoms with Crippen molar-refractivity contribution in [2.75, 3.05) is 13.1 Å². The normalized spacial score (nSPS) is 14.8. The Hall–Kier alpha value is -1.00. The SMILES string of the molecule is CC(C)CNCC(C)(O)Cc1ccc(F)cc1F. The number of benzene rings is 1. The van der Waals surface area contributed by atoms with Gasteiger partial charge in [-0.15, -0.1) is 0 Å². The van der Waals surface area contributed by atoms with Gasteiger partial charge in [0.2, 0.25) is 0 Å². The molecule has 0 saturated carbocycles. The van der Waals surface area contributed by atoms with Gasteiger partial charge in [-0.05, 0) is 31.0 Å². The molecule has 0 saturated heterocycles. The van der Waals surface area contributed by atoms with Crippen molar-refractivity contribution in [1.82, 2.24) is 5.32 Å². The monoisotopic (exact) mass is 257 g/mol. The summed E-state index contributed by atoms with van der Waals surface area (Å²) in [5, 5.41) is 13.3. The largest absolute Gasteiger partial charge is 0.389 e. The first-order valence-electron chi connectivity index (χ1n) is 6.17. The van der Waals surface area contributed by atoms with Crippen molar-refractivity contribution in [3.63, 3.8) is 0 Å². The van der Waals surface area contributed by atoms with Crippen LogP contribution < -0.4 is 5.32 Å². The third-order valence-corrected chi connectivity index (χ3v) is 2.64. The van der Waals surface area contributed by atoms with Gasteiger partial charge in [0.15, 0.2) is 0 Å². The maximum atomic E-state index is 13.5. The van der Waals surface area contributed by atoms with E-state index in [-0.39, 0.29) is 6.42 Å². The molecule has 2 nitrogen and oxygen atoms in total. The van der Waals surface area contributed by atoms with Gasteiger partial charge in [0.25, 0.3) is 0 Å². The third kappa shape index (κ3) is 5.10. The molecule has 0 heterocycles. The summed E-state index contributed by atoms with van der Waals surface area (Å²) < 4.78 is 26.2. The van der Waals surface area contributed by atoms with Gasteiger partial charge in [0, 0.05) is 19.0 Å². The zero-order chi connectivity index (χ0) is 13.8. The van der Waals surface area contributed by atoms with Crippen molar-refractivity contribution in [2.24, 2.45) is 5.92 Å². The fourth-order valence-electron chi connectivity index (χ4n) is 1.77. The summed E-state index contributed by atoms with van der Waals surface area (Å²) in [5.41, 5.74) is -0.721. The van der Waals surface area contributed by atoms with E-state index in [9.17, 15) is 13.9 Å². The molecule has 0 aromatic heterocycles. The zero-order valence-corrected chi connectivity index (χ0v) is 11.1. The van der Waals surface area contributed by atoms with E-state index in [1.165, 1.54) is 12.1 Å². The highest BCUT2D eigenvalue weighted by Gasteiger charge is 2.22. The first-order chi connectivity index (χ1) is 8.30. The number of hydrogen-bond acceptors (Lipinski definition) is 2. The van der Waals surface area contributed by atoms with Crippen molar-refractivity contribution in [3.8, 4) is 0 Å². The molecular formula is C14H21F2NO. The van der Waals surface area contributed by atoms with Crippen LogP contribution in [0.2, 0.25) is 0 Å². The Bertz CT molecular complexity index is 391. The first kappa shape index (κ1) is 15.1. The van der Waals surface area contributed by atoms with E-state index < -0.39 is 17.2 Å². The van der Waals surface area contributed by atoms with Gasteiger partial charge in [-0.2, -0.15) is 0 Å². The molecule has 0 aliphatic carbocycles. The molecule has 1 unspecified atom stereocenters. The smallest absolute Gasteiger partial charge is 0.129 e. The van der Waals surface area contributed by atoms with Crippen LogP contribution >= 0.6 is 0 Å². The Morgan fingerprint density at radius 3 is 2.56 bits per heavy atom. The van der Waals surface area contributed by atoms with Gasteiger partial charge in [-0.3, -0.25) is 0 Å². The number of hydrogen-bond donors (Lipinski definition) is 2. The summed E-state index contributed by atoms with van der Waals surface area (Å²) in [7, 11) is 0. The standard InChI is InChI=1S/C14H21F2NO/c1-10(2)8-17-9-14(3,18)7-11-4-5-12(15)6-13(11)16/h4-6,10,17-18H,7-9H2,1-3H3. The van der Waals surface area contributed by atoms with Crippen LogP contribution in [0.25, 0.3) is 0 Å². The average Bonchev–Trinajstić information content (AvgIpc) is 2.21. The highest BCUT2D eigenvalue weighted by molar-refractivity contribution is 5.20. The summed E-state index contributed by atoms with van der Waals surface area (Å²) in [5.74, 6) is -0.726. The molecule has 1 aromatic rings. The molecule has 0 amide bonds. The lowest BCUT2D eigenvalue weighted by Gasteiger charge is -2.24. The molecule has 1 atom stereocenters. The van der Waals surface area contributed by atoms with Gasteiger partial charge < -0.3 is 10.4 Å². The quantitative estimate of drug-likeness (QED) is 0.820. The lowest BCUT2D eigenvalue weighted by Crippen LogP contribution is -2.41. The Kier molecular flexibility index (Phi) is 5.23. The molecule has 0 radical (unpaired) electrons. The molecule has 0 fully saturated rings. The minimum atomic E-state index is -1.05. The van der Waals surface area contributed by atoms with E-state index in [4.69, 9.17) is 0 Å². The van der Waals surface area contributed by atoms with E-state index in [0.29, 0.717) is 18.0 Å². The van der Waals surface area contributed by atoms with E-state index >= 15 is 0 Å². The maximum absolute atomic E-state index is 13.5. The zero-order valence-electron chi connectivity index (χ0n) is 11.1. The highest BCUT2D eigenvalue weighted by Crippen LogP contribution is 2.16. The Labute approximate surface area is 107 Å². The molecule has 2 N–H and O–H groups in total. The average molecular weight is 257 g/mol. The van der Waals surface area contributed by atoms with Gasteiger partial charge >= 0.3 is 0 Å². The molecule has 0 aliphatic heterocycles. The Morgan fingerprint density at radius 2 is 2.00 bits per heavy atom. The minimum absolute atomic E-state index is 0.157. The van der Waals surface area contributed by atoms with Gasteiger partial charge in [0.05, 0.1) is 5.60 Å². The summed E-state index contributed by atoms with van der Waals surface area (Å²) in [6, 6.07) is 3.42. The molecule has 0 bridgehead atoms. The molecule has 1 aromatic carbocycles. The summed E-state index contributed by atoms with van der Waals surface area (Å²) in [6.45, 7) is 6.95. The van der Waals surface area contributed by atoms with Crippen molar-refractivity contribution in [1.29, 1.82) is 0 Å². The topological polar surface area (TPSA) is 32.3 Å². The number of rotatable bonds is 6. The molecule has 0 spiro atoms. The van der Waals surface area contributed by atoms with Crippen LogP contribution in [0.3, 0.4) is 0 Å². The summed E-state index contributed by atoms with van der Waals surface area (Å²) in [6.07, 6.45) is 0.157. The number of nitrogens with one attached hydrogen (secondary N) is 1. The van der Waals surface area contributed by atoms with Crippen molar-refractivity contribution in [2.45, 2.75) is 32.8 Å². The van der Waals surface area contributed by atoms with Gasteiger partial charge in [-0.25, -0.2) is 8.78 Å². The van der Waals surface area contributed by atoms with Crippen LogP contribution in [0.1, 0.15) is 26.3 Å². The van der Waals surface area contributed by atoms with E-state index in [2.05, 4.69) is 19.2 Å². The third-order valence-electron chi connectivity index (χ3n) is 2.64. The Morgan fingerprint density at radius 1 is 1.33 bits per heavy atom. The van der Waals surface area contributed by atoms with Crippen LogP contribution in [-0.4, -0.2) is 23.8 Å². The second-order valence-corrected chi connectivity index (χ2v) is 5.43. The van der Waals surface area contributed by atoms with E-state index in [0.717, 1.165) is 12.6 Å². The second-order valence-electron chi connectivity index (χ2n) is 5.43. The molecule has 1 rings (SSSR count). The summed E-state index contributed by atoms with van der Waals surface area (Å²) in [4.78, 5) is 0. The molecule has 4 heteroatoms. The van der Waals surface area contributed by atoms with Crippen LogP contribution in [0.15, 0.2) is 18.2 Å². The first-order valence-corrected chi connectivity index (χ1v) is 6.17. The second kappa shape index (κ2) is 6.25. The highest BCUT2D eigenvalue weighted by atomic mass is 19.1. The van der Waals surface area contributed by atoms with Crippen molar-refractivity contribution < 1.29 is 13.9 Å². The van der Waals surface area contributed by atoms with Crippen LogP contribution in [0.4, 0.5) is 8.78 Å². The lowest BCUT2D eigenvalue weighted by atomic mass is 9.96. The predicted octanol–water partition coefficient (Wildman–Crippen LogP) is 2.50. The van der Waals surface area contributed by atoms with Crippen LogP contribution in [0.5, 0.6) is 0 Å². The van der Waals surface area contributed by atoms with Gasteiger partial charge in [0.1, 0.15) is 11.6 Å². The van der Waals surface area contributed by atoms with Gasteiger partial charge in [-0.1, -0.05) is 19.9 Å². The molecule has 102 valence electrons. The number of halogens is 2.